The summed E-state index contributed by atoms with van der Waals surface area (Å²) in [4.78, 5) is 24.1. The largest absolute Gasteiger partial charge is 0.305 e. The van der Waals surface area contributed by atoms with E-state index in [9.17, 15) is 9.59 Å². The van der Waals surface area contributed by atoms with Gasteiger partial charge in [-0.2, -0.15) is 0 Å². The van der Waals surface area contributed by atoms with Gasteiger partial charge in [0.2, 0.25) is 11.8 Å². The zero-order chi connectivity index (χ0) is 11.5. The van der Waals surface area contributed by atoms with Crippen molar-refractivity contribution in [3.05, 3.63) is 11.6 Å². The number of hydrogen-bond donors (Lipinski definition) is 1. The minimum absolute atomic E-state index is 0.0809. The molecule has 0 aromatic heterocycles. The number of carbonyl (C=O) groups is 2. The molecule has 2 amide bonds. The molecule has 1 saturated heterocycles. The molecule has 0 spiro atoms. The van der Waals surface area contributed by atoms with E-state index in [0.29, 0.717) is 6.42 Å². The summed E-state index contributed by atoms with van der Waals surface area (Å²) in [6.07, 6.45) is 7.25. The summed E-state index contributed by atoms with van der Waals surface area (Å²) in [5, 5.41) is 3.17. The molecule has 16 heavy (non-hydrogen) atoms. The van der Waals surface area contributed by atoms with Crippen LogP contribution in [-0.2, 0) is 9.59 Å². The van der Waals surface area contributed by atoms with Gasteiger partial charge in [0.1, 0.15) is 0 Å². The highest BCUT2D eigenvalue weighted by Gasteiger charge is 2.35. The predicted molar refractivity (Wildman–Crippen MR) is 60.7 cm³/mol. The van der Waals surface area contributed by atoms with Crippen LogP contribution < -0.4 is 5.32 Å². The van der Waals surface area contributed by atoms with Crippen LogP contribution in [0.15, 0.2) is 11.6 Å². The third-order valence-electron chi connectivity index (χ3n) is 3.35. The van der Waals surface area contributed by atoms with Gasteiger partial charge in [-0.05, 0) is 32.2 Å². The van der Waals surface area contributed by atoms with Crippen molar-refractivity contribution in [2.24, 2.45) is 0 Å². The number of likely N-dealkylation sites (N-methyl/N-ethyl adjacent to an activating group) is 1. The fourth-order valence-electron chi connectivity index (χ4n) is 2.29. The number of carbonyl (C=O) groups excluding carboxylic acids is 2. The van der Waals surface area contributed by atoms with Crippen LogP contribution in [-0.4, -0.2) is 36.3 Å². The number of nitrogens with zero attached hydrogens (tertiary/aromatic N) is 1. The highest BCUT2D eigenvalue weighted by molar-refractivity contribution is 6.05. The van der Waals surface area contributed by atoms with Gasteiger partial charge in [-0.3, -0.25) is 14.5 Å². The quantitative estimate of drug-likeness (QED) is 0.566. The Kier molecular flexibility index (Phi) is 3.39. The molecule has 4 nitrogen and oxygen atoms in total. The first-order chi connectivity index (χ1) is 7.68. The Bertz CT molecular complexity index is 336. The van der Waals surface area contributed by atoms with E-state index in [4.69, 9.17) is 0 Å². The lowest BCUT2D eigenvalue weighted by molar-refractivity contribution is -0.137. The standard InChI is InChI=1S/C12H18N2O2/c1-14-11(15)8-10(12(14)16)13-7-6-9-4-2-3-5-9/h4,10,13H,2-3,5-8H2,1H3. The van der Waals surface area contributed by atoms with Crippen molar-refractivity contribution < 1.29 is 9.59 Å². The summed E-state index contributed by atoms with van der Waals surface area (Å²) >= 11 is 0. The molecule has 0 aromatic rings. The fourth-order valence-corrected chi connectivity index (χ4v) is 2.29. The van der Waals surface area contributed by atoms with Crippen molar-refractivity contribution in [3.8, 4) is 0 Å². The van der Waals surface area contributed by atoms with Gasteiger partial charge < -0.3 is 5.32 Å². The Morgan fingerprint density at radius 2 is 2.31 bits per heavy atom. The maximum atomic E-state index is 11.6. The minimum Gasteiger partial charge on any atom is -0.305 e. The lowest BCUT2D eigenvalue weighted by Crippen LogP contribution is -2.37. The molecule has 1 heterocycles. The summed E-state index contributed by atoms with van der Waals surface area (Å²) < 4.78 is 0. The van der Waals surface area contributed by atoms with Crippen LogP contribution in [0, 0.1) is 0 Å². The van der Waals surface area contributed by atoms with Crippen molar-refractivity contribution in [2.75, 3.05) is 13.6 Å². The molecule has 1 fully saturated rings. The molecule has 0 saturated carbocycles. The molecule has 2 rings (SSSR count). The highest BCUT2D eigenvalue weighted by Crippen LogP contribution is 2.20. The van der Waals surface area contributed by atoms with Gasteiger partial charge in [-0.25, -0.2) is 0 Å². The molecular weight excluding hydrogens is 204 g/mol. The first kappa shape index (κ1) is 11.3. The lowest BCUT2D eigenvalue weighted by atomic mass is 10.1. The zero-order valence-corrected chi connectivity index (χ0v) is 9.66. The molecule has 88 valence electrons. The third-order valence-corrected chi connectivity index (χ3v) is 3.35. The van der Waals surface area contributed by atoms with Crippen molar-refractivity contribution in [1.82, 2.24) is 10.2 Å². The maximum absolute atomic E-state index is 11.6. The number of nitrogens with one attached hydrogen (secondary N) is 1. The molecule has 0 bridgehead atoms. The highest BCUT2D eigenvalue weighted by atomic mass is 16.2. The topological polar surface area (TPSA) is 49.4 Å². The Hall–Kier alpha value is -1.16. The van der Waals surface area contributed by atoms with Gasteiger partial charge in [-0.1, -0.05) is 11.6 Å². The molecule has 1 aliphatic heterocycles. The Balaban J connectivity index is 1.74. The molecular formula is C12H18N2O2. The molecule has 0 aromatic carbocycles. The Labute approximate surface area is 95.7 Å². The van der Waals surface area contributed by atoms with Crippen LogP contribution >= 0.6 is 0 Å². The van der Waals surface area contributed by atoms with E-state index in [2.05, 4.69) is 11.4 Å². The van der Waals surface area contributed by atoms with Gasteiger partial charge in [0.05, 0.1) is 12.5 Å². The number of imide groups is 1. The first-order valence-corrected chi connectivity index (χ1v) is 5.90. The van der Waals surface area contributed by atoms with E-state index in [-0.39, 0.29) is 17.9 Å². The monoisotopic (exact) mass is 222 g/mol. The molecule has 4 heteroatoms. The fraction of sp³-hybridized carbons (Fsp3) is 0.667. The number of rotatable bonds is 4. The van der Waals surface area contributed by atoms with Crippen LogP contribution in [0.1, 0.15) is 32.1 Å². The predicted octanol–water partition coefficient (Wildman–Crippen LogP) is 0.834. The van der Waals surface area contributed by atoms with Gasteiger partial charge in [-0.15, -0.1) is 0 Å². The summed E-state index contributed by atoms with van der Waals surface area (Å²) in [6, 6.07) is -0.292. The summed E-state index contributed by atoms with van der Waals surface area (Å²) in [7, 11) is 1.55. The van der Waals surface area contributed by atoms with E-state index < -0.39 is 0 Å². The second-order valence-corrected chi connectivity index (χ2v) is 4.51. The van der Waals surface area contributed by atoms with Crippen LogP contribution in [0.5, 0.6) is 0 Å². The average molecular weight is 222 g/mol. The minimum atomic E-state index is -0.292. The summed E-state index contributed by atoms with van der Waals surface area (Å²) in [5.41, 5.74) is 1.48. The van der Waals surface area contributed by atoms with Crippen LogP contribution in [0.3, 0.4) is 0 Å². The average Bonchev–Trinajstić information content (AvgIpc) is 2.85. The Morgan fingerprint density at radius 3 is 2.88 bits per heavy atom. The smallest absolute Gasteiger partial charge is 0.246 e. The van der Waals surface area contributed by atoms with Crippen molar-refractivity contribution in [3.63, 3.8) is 0 Å². The Morgan fingerprint density at radius 1 is 1.50 bits per heavy atom. The van der Waals surface area contributed by atoms with Gasteiger partial charge in [0.15, 0.2) is 0 Å². The van der Waals surface area contributed by atoms with Crippen LogP contribution in [0.4, 0.5) is 0 Å². The normalized spacial score (nSPS) is 25.4. The second-order valence-electron chi connectivity index (χ2n) is 4.51. The van der Waals surface area contributed by atoms with Crippen molar-refractivity contribution in [1.29, 1.82) is 0 Å². The van der Waals surface area contributed by atoms with Crippen LogP contribution in [0.2, 0.25) is 0 Å². The second kappa shape index (κ2) is 4.78. The number of allylic oxidation sites excluding steroid dienone is 1. The van der Waals surface area contributed by atoms with E-state index in [1.165, 1.54) is 29.7 Å². The van der Waals surface area contributed by atoms with Crippen molar-refractivity contribution >= 4 is 11.8 Å². The molecule has 1 aliphatic carbocycles. The molecule has 1 atom stereocenters. The summed E-state index contributed by atoms with van der Waals surface area (Å²) in [6.45, 7) is 0.795. The van der Waals surface area contributed by atoms with Gasteiger partial charge in [0, 0.05) is 7.05 Å². The maximum Gasteiger partial charge on any atom is 0.246 e. The first-order valence-electron chi connectivity index (χ1n) is 5.90. The number of hydrogen-bond acceptors (Lipinski definition) is 3. The van der Waals surface area contributed by atoms with E-state index in [0.717, 1.165) is 13.0 Å². The van der Waals surface area contributed by atoms with E-state index in [1.807, 2.05) is 0 Å². The number of amides is 2. The molecule has 1 N–H and O–H groups in total. The van der Waals surface area contributed by atoms with Crippen molar-refractivity contribution in [2.45, 2.75) is 38.1 Å². The molecule has 0 radical (unpaired) electrons. The molecule has 1 unspecified atom stereocenters. The van der Waals surface area contributed by atoms with E-state index in [1.54, 1.807) is 7.05 Å². The van der Waals surface area contributed by atoms with Gasteiger partial charge in [0.25, 0.3) is 0 Å². The zero-order valence-electron chi connectivity index (χ0n) is 9.66. The van der Waals surface area contributed by atoms with E-state index >= 15 is 0 Å². The third kappa shape index (κ3) is 2.32. The molecule has 2 aliphatic rings. The van der Waals surface area contributed by atoms with Crippen LogP contribution in [0.25, 0.3) is 0 Å². The summed E-state index contributed by atoms with van der Waals surface area (Å²) in [5.74, 6) is -0.173. The lowest BCUT2D eigenvalue weighted by Gasteiger charge is -2.11. The van der Waals surface area contributed by atoms with Gasteiger partial charge >= 0.3 is 0 Å². The SMILES string of the molecule is CN1C(=O)CC(NCCC2=CCCC2)C1=O. The number of likely N-dealkylation sites (tertiary alicyclic amines) is 1.